The first-order valence-electron chi connectivity index (χ1n) is 9.17. The molecule has 0 atom stereocenters. The van der Waals surface area contributed by atoms with Crippen molar-refractivity contribution < 1.29 is 9.18 Å². The van der Waals surface area contributed by atoms with Crippen LogP contribution in [0.4, 0.5) is 4.39 Å². The summed E-state index contributed by atoms with van der Waals surface area (Å²) < 4.78 is 16.2. The first-order valence-corrected chi connectivity index (χ1v) is 9.17. The molecule has 6 nitrogen and oxygen atoms in total. The second-order valence-corrected chi connectivity index (χ2v) is 6.79. The number of rotatable bonds is 5. The third kappa shape index (κ3) is 3.80. The summed E-state index contributed by atoms with van der Waals surface area (Å²) in [6.07, 6.45) is 1.61. The third-order valence-corrected chi connectivity index (χ3v) is 4.66. The van der Waals surface area contributed by atoms with Crippen molar-refractivity contribution in [1.82, 2.24) is 19.4 Å². The average molecular weight is 390 g/mol. The predicted molar refractivity (Wildman–Crippen MR) is 108 cm³/mol. The van der Waals surface area contributed by atoms with E-state index < -0.39 is 0 Å². The highest BCUT2D eigenvalue weighted by molar-refractivity contribution is 5.80. The zero-order chi connectivity index (χ0) is 20.4. The van der Waals surface area contributed by atoms with Gasteiger partial charge in [0, 0.05) is 12.7 Å². The Bertz CT molecular complexity index is 1240. The zero-order valence-corrected chi connectivity index (χ0v) is 15.8. The van der Waals surface area contributed by atoms with E-state index in [1.165, 1.54) is 21.3 Å². The van der Waals surface area contributed by atoms with E-state index in [1.807, 2.05) is 31.2 Å². The topological polar surface area (TPSA) is 68.9 Å². The molecule has 4 aromatic rings. The van der Waals surface area contributed by atoms with Crippen LogP contribution in [0.1, 0.15) is 11.1 Å². The fourth-order valence-electron chi connectivity index (χ4n) is 3.21. The van der Waals surface area contributed by atoms with Crippen LogP contribution in [-0.4, -0.2) is 20.0 Å². The van der Waals surface area contributed by atoms with E-state index >= 15 is 0 Å². The van der Waals surface area contributed by atoms with Gasteiger partial charge >= 0.3 is 5.69 Å². The lowest BCUT2D eigenvalue weighted by atomic mass is 10.2. The van der Waals surface area contributed by atoms with Gasteiger partial charge in [0.2, 0.25) is 5.91 Å². The summed E-state index contributed by atoms with van der Waals surface area (Å²) in [5, 5.41) is 2.73. The molecular weight excluding hydrogens is 371 g/mol. The number of hydrogen-bond donors (Lipinski definition) is 1. The number of hydrogen-bond acceptors (Lipinski definition) is 3. The fourth-order valence-corrected chi connectivity index (χ4v) is 3.21. The number of pyridine rings is 1. The normalized spacial score (nSPS) is 11.0. The fraction of sp³-hybridized carbons (Fsp3) is 0.136. The quantitative estimate of drug-likeness (QED) is 0.570. The molecule has 2 aromatic carbocycles. The largest absolute Gasteiger partial charge is 0.350 e. The van der Waals surface area contributed by atoms with Crippen molar-refractivity contribution in [1.29, 1.82) is 0 Å². The Labute approximate surface area is 166 Å². The van der Waals surface area contributed by atoms with Gasteiger partial charge in [-0.2, -0.15) is 0 Å². The number of aryl methyl sites for hydroxylation is 1. The lowest BCUT2D eigenvalue weighted by Gasteiger charge is -2.06. The maximum atomic E-state index is 13.3. The molecule has 1 amide bonds. The smallest absolute Gasteiger partial charge is 0.335 e. The molecule has 1 N–H and O–H groups in total. The Morgan fingerprint density at radius 3 is 2.66 bits per heavy atom. The summed E-state index contributed by atoms with van der Waals surface area (Å²) in [6.45, 7) is 1.99. The van der Waals surface area contributed by atoms with Crippen LogP contribution in [0.2, 0.25) is 0 Å². The van der Waals surface area contributed by atoms with Gasteiger partial charge in [-0.1, -0.05) is 29.8 Å². The van der Waals surface area contributed by atoms with Crippen molar-refractivity contribution in [3.63, 3.8) is 0 Å². The van der Waals surface area contributed by atoms with Gasteiger partial charge in [-0.05, 0) is 48.9 Å². The van der Waals surface area contributed by atoms with Gasteiger partial charge in [-0.3, -0.25) is 9.36 Å². The highest BCUT2D eigenvalue weighted by Crippen LogP contribution is 2.16. The molecule has 0 saturated carbocycles. The second kappa shape index (κ2) is 7.71. The Balaban J connectivity index is 1.64. The molecule has 4 rings (SSSR count). The van der Waals surface area contributed by atoms with Gasteiger partial charge < -0.3 is 5.32 Å². The standard InChI is InChI=1S/C22H19FN4O2/c1-15-7-9-18(10-8-15)27-21-19(6-3-11-24-21)26(22(27)29)14-20(28)25-13-16-4-2-5-17(23)12-16/h2-12H,13-14H2,1H3,(H,25,28). The summed E-state index contributed by atoms with van der Waals surface area (Å²) in [5.41, 5.74) is 3.12. The number of aromatic nitrogens is 3. The summed E-state index contributed by atoms with van der Waals surface area (Å²) in [7, 11) is 0. The van der Waals surface area contributed by atoms with E-state index in [2.05, 4.69) is 10.3 Å². The molecule has 0 bridgehead atoms. The number of fused-ring (bicyclic) bond motifs is 1. The summed E-state index contributed by atoms with van der Waals surface area (Å²) in [6, 6.07) is 17.0. The molecule has 0 radical (unpaired) electrons. The highest BCUT2D eigenvalue weighted by Gasteiger charge is 2.17. The van der Waals surface area contributed by atoms with E-state index in [-0.39, 0.29) is 30.5 Å². The van der Waals surface area contributed by atoms with E-state index in [0.29, 0.717) is 22.4 Å². The summed E-state index contributed by atoms with van der Waals surface area (Å²) >= 11 is 0. The van der Waals surface area contributed by atoms with E-state index in [9.17, 15) is 14.0 Å². The Morgan fingerprint density at radius 2 is 1.90 bits per heavy atom. The number of nitrogens with zero attached hydrogens (tertiary/aromatic N) is 3. The third-order valence-electron chi connectivity index (χ3n) is 4.66. The van der Waals surface area contributed by atoms with Crippen molar-refractivity contribution in [3.05, 3.63) is 94.3 Å². The number of halogens is 1. The molecular formula is C22H19FN4O2. The van der Waals surface area contributed by atoms with Crippen LogP contribution in [0, 0.1) is 12.7 Å². The van der Waals surface area contributed by atoms with Crippen molar-refractivity contribution >= 4 is 17.1 Å². The van der Waals surface area contributed by atoms with Crippen LogP contribution in [0.25, 0.3) is 16.9 Å². The lowest BCUT2D eigenvalue weighted by molar-refractivity contribution is -0.121. The number of carbonyl (C=O) groups excluding carboxylic acids is 1. The number of amides is 1. The average Bonchev–Trinajstić information content (AvgIpc) is 2.99. The first-order chi connectivity index (χ1) is 14.0. The molecule has 2 heterocycles. The van der Waals surface area contributed by atoms with Gasteiger partial charge in [0.15, 0.2) is 5.65 Å². The molecule has 0 aliphatic rings. The Morgan fingerprint density at radius 1 is 1.10 bits per heavy atom. The van der Waals surface area contributed by atoms with Crippen molar-refractivity contribution in [2.45, 2.75) is 20.0 Å². The molecule has 0 aliphatic carbocycles. The Hall–Kier alpha value is -3.74. The SMILES string of the molecule is Cc1ccc(-n2c(=O)n(CC(=O)NCc3cccc(F)c3)c3cccnc32)cc1. The van der Waals surface area contributed by atoms with Crippen LogP contribution >= 0.6 is 0 Å². The maximum absolute atomic E-state index is 13.3. The minimum Gasteiger partial charge on any atom is -0.350 e. The molecule has 0 unspecified atom stereocenters. The zero-order valence-electron chi connectivity index (χ0n) is 15.8. The first kappa shape index (κ1) is 18.6. The van der Waals surface area contributed by atoms with Crippen LogP contribution in [0.3, 0.4) is 0 Å². The minimum atomic E-state index is -0.361. The van der Waals surface area contributed by atoms with Gasteiger partial charge in [0.1, 0.15) is 12.4 Å². The summed E-state index contributed by atoms with van der Waals surface area (Å²) in [5.74, 6) is -0.705. The van der Waals surface area contributed by atoms with E-state index in [4.69, 9.17) is 0 Å². The van der Waals surface area contributed by atoms with Crippen LogP contribution in [0.5, 0.6) is 0 Å². The van der Waals surface area contributed by atoms with E-state index in [1.54, 1.807) is 30.5 Å². The highest BCUT2D eigenvalue weighted by atomic mass is 19.1. The monoisotopic (exact) mass is 390 g/mol. The van der Waals surface area contributed by atoms with Crippen LogP contribution in [0.15, 0.2) is 71.7 Å². The molecule has 7 heteroatoms. The van der Waals surface area contributed by atoms with Gasteiger partial charge in [0.25, 0.3) is 0 Å². The Kier molecular flexibility index (Phi) is 4.95. The van der Waals surface area contributed by atoms with Crippen LogP contribution < -0.4 is 11.0 Å². The molecule has 29 heavy (non-hydrogen) atoms. The molecule has 2 aromatic heterocycles. The number of imidazole rings is 1. The lowest BCUT2D eigenvalue weighted by Crippen LogP contribution is -2.32. The minimum absolute atomic E-state index is 0.158. The number of benzene rings is 2. The maximum Gasteiger partial charge on any atom is 0.335 e. The van der Waals surface area contributed by atoms with Crippen molar-refractivity contribution in [2.75, 3.05) is 0 Å². The summed E-state index contributed by atoms with van der Waals surface area (Å²) in [4.78, 5) is 29.9. The van der Waals surface area contributed by atoms with Gasteiger partial charge in [0.05, 0.1) is 11.2 Å². The van der Waals surface area contributed by atoms with Crippen LogP contribution in [-0.2, 0) is 17.9 Å². The number of nitrogens with one attached hydrogen (secondary N) is 1. The molecule has 0 aliphatic heterocycles. The predicted octanol–water partition coefficient (Wildman–Crippen LogP) is 2.95. The molecule has 0 saturated heterocycles. The van der Waals surface area contributed by atoms with Crippen molar-refractivity contribution in [2.24, 2.45) is 0 Å². The number of carbonyl (C=O) groups is 1. The molecule has 0 spiro atoms. The second-order valence-electron chi connectivity index (χ2n) is 6.79. The van der Waals surface area contributed by atoms with Gasteiger partial charge in [-0.25, -0.2) is 18.7 Å². The molecule has 0 fully saturated rings. The van der Waals surface area contributed by atoms with Gasteiger partial charge in [-0.15, -0.1) is 0 Å². The van der Waals surface area contributed by atoms with E-state index in [0.717, 1.165) is 5.56 Å². The van der Waals surface area contributed by atoms with Crippen molar-refractivity contribution in [3.8, 4) is 5.69 Å². The molecule has 146 valence electrons.